The van der Waals surface area contributed by atoms with Gasteiger partial charge in [-0.15, -0.1) is 0 Å². The molecular formula is C26H33BrN2O3. The number of amides is 1. The minimum atomic E-state index is -0.482. The zero-order chi connectivity index (χ0) is 23.1. The molecule has 0 spiro atoms. The van der Waals surface area contributed by atoms with Crippen molar-refractivity contribution < 1.29 is 14.3 Å². The minimum Gasteiger partial charge on any atom is -0.462 e. The quantitative estimate of drug-likeness (QED) is 0.443. The number of rotatable bonds is 9. The first-order chi connectivity index (χ1) is 15.5. The number of carbonyl (C=O) groups excluding carboxylic acids is 2. The summed E-state index contributed by atoms with van der Waals surface area (Å²) >= 11 is 3.64. The maximum Gasteiger partial charge on any atom is 0.338 e. The molecular weight excluding hydrogens is 468 g/mol. The van der Waals surface area contributed by atoms with Crippen LogP contribution in [-0.4, -0.2) is 31.6 Å². The molecule has 2 aromatic rings. The van der Waals surface area contributed by atoms with E-state index in [1.54, 1.807) is 19.1 Å². The predicted octanol–water partition coefficient (Wildman–Crippen LogP) is 5.77. The molecule has 3 rings (SSSR count). The van der Waals surface area contributed by atoms with Gasteiger partial charge in [-0.2, -0.15) is 0 Å². The Morgan fingerprint density at radius 3 is 2.34 bits per heavy atom. The van der Waals surface area contributed by atoms with Gasteiger partial charge in [-0.05, 0) is 74.1 Å². The fraction of sp³-hybridized carbons (Fsp3) is 0.462. The summed E-state index contributed by atoms with van der Waals surface area (Å²) in [6.45, 7) is 6.30. The molecule has 2 N–H and O–H groups in total. The first kappa shape index (κ1) is 24.3. The minimum absolute atomic E-state index is 0.0552. The highest BCUT2D eigenvalue weighted by Gasteiger charge is 2.32. The average molecular weight is 501 g/mol. The first-order valence-corrected chi connectivity index (χ1v) is 12.4. The van der Waals surface area contributed by atoms with Gasteiger partial charge in [0.05, 0.1) is 18.1 Å². The number of nitrogens with zero attached hydrogens (tertiary/aromatic N) is 1. The molecule has 1 amide bonds. The van der Waals surface area contributed by atoms with Gasteiger partial charge in [0.2, 0.25) is 5.91 Å². The topological polar surface area (TPSA) is 72.6 Å². The molecule has 0 saturated carbocycles. The van der Waals surface area contributed by atoms with Crippen molar-refractivity contribution in [3.8, 4) is 0 Å². The number of benzene rings is 2. The Kier molecular flexibility index (Phi) is 8.74. The van der Waals surface area contributed by atoms with Gasteiger partial charge in [-0.25, -0.2) is 4.79 Å². The van der Waals surface area contributed by atoms with Crippen LogP contribution >= 0.6 is 15.9 Å². The molecule has 1 saturated heterocycles. The summed E-state index contributed by atoms with van der Waals surface area (Å²) in [5, 5.41) is 0. The summed E-state index contributed by atoms with van der Waals surface area (Å²) in [6, 6.07) is 13.5. The van der Waals surface area contributed by atoms with Gasteiger partial charge in [0.1, 0.15) is 0 Å². The fourth-order valence-corrected chi connectivity index (χ4v) is 5.07. The monoisotopic (exact) mass is 500 g/mol. The summed E-state index contributed by atoms with van der Waals surface area (Å²) in [5.74, 6) is -1.25. The highest BCUT2D eigenvalue weighted by Crippen LogP contribution is 2.42. The van der Waals surface area contributed by atoms with E-state index in [1.807, 2.05) is 12.1 Å². The first-order valence-electron chi connectivity index (χ1n) is 11.6. The number of ether oxygens (including phenoxy) is 1. The number of piperidine rings is 1. The molecule has 2 unspecified atom stereocenters. The molecule has 0 aliphatic carbocycles. The van der Waals surface area contributed by atoms with E-state index in [4.69, 9.17) is 10.5 Å². The van der Waals surface area contributed by atoms with Crippen LogP contribution in [0.25, 0.3) is 0 Å². The molecule has 0 aromatic heterocycles. The number of anilines is 1. The van der Waals surface area contributed by atoms with Crippen molar-refractivity contribution in [2.45, 2.75) is 57.8 Å². The second-order valence-corrected chi connectivity index (χ2v) is 9.28. The molecule has 1 heterocycles. The fourth-order valence-electron chi connectivity index (χ4n) is 4.69. The normalized spacial score (nSPS) is 15.8. The zero-order valence-corrected chi connectivity index (χ0v) is 20.6. The van der Waals surface area contributed by atoms with Gasteiger partial charge in [0.15, 0.2) is 0 Å². The highest BCUT2D eigenvalue weighted by molar-refractivity contribution is 9.10. The number of halogens is 1. The molecule has 2 aromatic carbocycles. The molecule has 1 aliphatic rings. The Morgan fingerprint density at radius 1 is 1.06 bits per heavy atom. The maximum absolute atomic E-state index is 12.8. The largest absolute Gasteiger partial charge is 0.462 e. The van der Waals surface area contributed by atoms with E-state index < -0.39 is 5.92 Å². The van der Waals surface area contributed by atoms with E-state index in [2.05, 4.69) is 46.0 Å². The molecule has 1 aliphatic heterocycles. The van der Waals surface area contributed by atoms with E-state index in [9.17, 15) is 9.59 Å². The van der Waals surface area contributed by atoms with E-state index in [1.165, 1.54) is 24.9 Å². The van der Waals surface area contributed by atoms with Crippen LogP contribution < -0.4 is 10.6 Å². The Bertz CT molecular complexity index is 923. The number of carbonyl (C=O) groups is 2. The van der Waals surface area contributed by atoms with Crippen LogP contribution in [0.15, 0.2) is 46.9 Å². The lowest BCUT2D eigenvalue weighted by molar-refractivity contribution is -0.120. The predicted molar refractivity (Wildman–Crippen MR) is 132 cm³/mol. The summed E-state index contributed by atoms with van der Waals surface area (Å²) in [4.78, 5) is 27.3. The van der Waals surface area contributed by atoms with Gasteiger partial charge in [-0.3, -0.25) is 4.79 Å². The Labute approximate surface area is 199 Å². The van der Waals surface area contributed by atoms with Crippen molar-refractivity contribution in [3.05, 3.63) is 63.6 Å². The third-order valence-electron chi connectivity index (χ3n) is 6.18. The molecule has 172 valence electrons. The smallest absolute Gasteiger partial charge is 0.338 e. The van der Waals surface area contributed by atoms with E-state index in [0.717, 1.165) is 41.5 Å². The van der Waals surface area contributed by atoms with Crippen LogP contribution in [-0.2, 0) is 9.53 Å². The lowest BCUT2D eigenvalue weighted by Crippen LogP contribution is -2.32. The third-order valence-corrected chi connectivity index (χ3v) is 6.67. The number of hydrogen-bond acceptors (Lipinski definition) is 4. The molecule has 32 heavy (non-hydrogen) atoms. The van der Waals surface area contributed by atoms with Crippen molar-refractivity contribution in [3.63, 3.8) is 0 Å². The summed E-state index contributed by atoms with van der Waals surface area (Å²) in [6.07, 6.45) is 5.40. The molecule has 6 heteroatoms. The van der Waals surface area contributed by atoms with Crippen molar-refractivity contribution in [1.82, 2.24) is 0 Å². The van der Waals surface area contributed by atoms with Gasteiger partial charge < -0.3 is 15.4 Å². The third kappa shape index (κ3) is 5.71. The Hall–Kier alpha value is -2.34. The van der Waals surface area contributed by atoms with Gasteiger partial charge >= 0.3 is 5.97 Å². The molecule has 2 atom stereocenters. The molecule has 1 fully saturated rings. The lowest BCUT2D eigenvalue weighted by atomic mass is 9.77. The van der Waals surface area contributed by atoms with Gasteiger partial charge in [-0.1, -0.05) is 41.4 Å². The maximum atomic E-state index is 12.8. The van der Waals surface area contributed by atoms with E-state index in [-0.39, 0.29) is 17.8 Å². The van der Waals surface area contributed by atoms with E-state index >= 15 is 0 Å². The lowest BCUT2D eigenvalue weighted by Gasteiger charge is -2.34. The van der Waals surface area contributed by atoms with Crippen molar-refractivity contribution in [2.75, 3.05) is 24.6 Å². The Balaban J connectivity index is 2.02. The molecule has 5 nitrogen and oxygen atoms in total. The Morgan fingerprint density at radius 2 is 1.75 bits per heavy atom. The number of hydrogen-bond donors (Lipinski definition) is 1. The molecule has 0 radical (unpaired) electrons. The SMILES string of the molecule is CCCC(c1cc(Br)ccc1N1CCCCC1)C(C(N)=O)c1ccc(C(=O)OCC)cc1. The van der Waals surface area contributed by atoms with Crippen molar-refractivity contribution in [2.24, 2.45) is 5.73 Å². The number of nitrogens with two attached hydrogens (primary N) is 1. The van der Waals surface area contributed by atoms with Crippen molar-refractivity contribution in [1.29, 1.82) is 0 Å². The zero-order valence-electron chi connectivity index (χ0n) is 19.0. The van der Waals surface area contributed by atoms with Crippen LogP contribution in [0.4, 0.5) is 5.69 Å². The highest BCUT2D eigenvalue weighted by atomic mass is 79.9. The number of esters is 1. The van der Waals surface area contributed by atoms with Gasteiger partial charge in [0.25, 0.3) is 0 Å². The summed E-state index contributed by atoms with van der Waals surface area (Å²) in [7, 11) is 0. The van der Waals surface area contributed by atoms with Gasteiger partial charge in [0, 0.05) is 29.2 Å². The second-order valence-electron chi connectivity index (χ2n) is 8.37. The van der Waals surface area contributed by atoms with Crippen LogP contribution in [0.2, 0.25) is 0 Å². The van der Waals surface area contributed by atoms with Crippen LogP contribution in [0.3, 0.4) is 0 Å². The van der Waals surface area contributed by atoms with Crippen LogP contribution in [0.5, 0.6) is 0 Å². The van der Waals surface area contributed by atoms with Crippen LogP contribution in [0, 0.1) is 0 Å². The standard InChI is InChI=1S/C26H33BrN2O3/c1-3-8-21(22-17-20(27)13-14-23(22)29-15-6-5-7-16-29)24(25(28)30)18-9-11-19(12-10-18)26(31)32-4-2/h9-14,17,21,24H,3-8,15-16H2,1-2H3,(H2,28,30). The van der Waals surface area contributed by atoms with Crippen LogP contribution in [0.1, 0.15) is 79.3 Å². The second kappa shape index (κ2) is 11.5. The average Bonchev–Trinajstić information content (AvgIpc) is 2.79. The van der Waals surface area contributed by atoms with E-state index in [0.29, 0.717) is 12.2 Å². The summed E-state index contributed by atoms with van der Waals surface area (Å²) in [5.41, 5.74) is 9.64. The summed E-state index contributed by atoms with van der Waals surface area (Å²) < 4.78 is 6.08. The van der Waals surface area contributed by atoms with Crippen molar-refractivity contribution >= 4 is 33.5 Å². The number of primary amides is 1. The molecule has 0 bridgehead atoms.